The number of nitrogens with zero attached hydrogens (tertiary/aromatic N) is 1. The van der Waals surface area contributed by atoms with Gasteiger partial charge < -0.3 is 42.4 Å². The van der Waals surface area contributed by atoms with Gasteiger partial charge in [0, 0.05) is 134 Å². The number of urea groups is 1. The zero-order valence-electron chi connectivity index (χ0n) is 44.6. The van der Waals surface area contributed by atoms with Crippen molar-refractivity contribution in [2.45, 2.75) is 161 Å². The molecule has 0 fully saturated rings. The lowest BCUT2D eigenvalue weighted by Crippen LogP contribution is -2.58. The third kappa shape index (κ3) is 28.3. The van der Waals surface area contributed by atoms with Gasteiger partial charge in [-0.05, 0) is 56.7 Å². The Hall–Kier alpha value is -7.92. The summed E-state index contributed by atoms with van der Waals surface area (Å²) in [5, 5.41) is 15.3. The fourth-order valence-electron chi connectivity index (χ4n) is 7.45. The van der Waals surface area contributed by atoms with E-state index < -0.39 is 83.8 Å². The zero-order chi connectivity index (χ0) is 58.3. The molecule has 1 aromatic carbocycles. The molecule has 0 aromatic heterocycles. The highest BCUT2D eigenvalue weighted by Gasteiger charge is 2.33. The number of primary amides is 1. The Morgan fingerprint density at radius 1 is 0.500 bits per heavy atom. The number of rotatable bonds is 41. The van der Waals surface area contributed by atoms with Gasteiger partial charge in [-0.15, -0.1) is 0 Å². The Labute approximate surface area is 452 Å². The number of ketones is 8. The molecule has 3 atom stereocenters. The lowest BCUT2D eigenvalue weighted by molar-refractivity contribution is -0.141. The first kappa shape index (κ1) is 66.2. The predicted molar refractivity (Wildman–Crippen MR) is 280 cm³/mol. The van der Waals surface area contributed by atoms with Crippen molar-refractivity contribution in [1.29, 1.82) is 0 Å². The van der Waals surface area contributed by atoms with Crippen LogP contribution in [0.4, 0.5) is 10.5 Å². The molecule has 1 aliphatic rings. The first-order valence-electron chi connectivity index (χ1n) is 25.9. The second-order valence-corrected chi connectivity index (χ2v) is 19.2. The van der Waals surface area contributed by atoms with Crippen molar-refractivity contribution in [1.82, 2.24) is 31.5 Å². The number of carbonyl (C=O) groups excluding carboxylic acids is 16. The maximum Gasteiger partial charge on any atom is 0.312 e. The minimum atomic E-state index is -1.46. The molecule has 24 heteroatoms. The van der Waals surface area contributed by atoms with Gasteiger partial charge in [0.15, 0.2) is 0 Å². The maximum atomic E-state index is 13.9. The van der Waals surface area contributed by atoms with Crippen molar-refractivity contribution in [3.05, 3.63) is 48.9 Å². The minimum absolute atomic E-state index is 0.00263. The maximum absolute atomic E-state index is 13.9. The van der Waals surface area contributed by atoms with Crippen LogP contribution in [0.1, 0.15) is 148 Å². The van der Waals surface area contributed by atoms with E-state index in [1.165, 1.54) is 6.92 Å². The van der Waals surface area contributed by atoms with Gasteiger partial charge in [-0.25, -0.2) is 4.79 Å². The molecule has 425 valence electrons. The summed E-state index contributed by atoms with van der Waals surface area (Å²) in [6.45, 7) is 7.47. The molecule has 0 unspecified atom stereocenters. The number of nitrogens with two attached hydrogens (primary N) is 1. The highest BCUT2D eigenvalue weighted by atomic mass is 16.2. The molecule has 1 aliphatic heterocycles. The largest absolute Gasteiger partial charge is 0.356 e. The van der Waals surface area contributed by atoms with Crippen molar-refractivity contribution in [2.75, 3.05) is 25.0 Å². The molecule has 0 spiro atoms. The summed E-state index contributed by atoms with van der Waals surface area (Å²) in [6, 6.07) is 1.82. The predicted octanol–water partition coefficient (Wildman–Crippen LogP) is 1.61. The van der Waals surface area contributed by atoms with Crippen LogP contribution in [0.25, 0.3) is 0 Å². The summed E-state index contributed by atoms with van der Waals surface area (Å²) < 4.78 is 0. The molecule has 78 heavy (non-hydrogen) atoms. The normalized spacial score (nSPS) is 12.9. The van der Waals surface area contributed by atoms with Crippen molar-refractivity contribution < 1.29 is 76.7 Å². The van der Waals surface area contributed by atoms with Crippen LogP contribution in [0.15, 0.2) is 36.4 Å². The number of amides is 9. The molecule has 1 heterocycles. The number of Topliss-reactive ketones (excluding diaryl/α,β-unsaturated/α-hetero) is 8. The molecule has 2 rings (SSSR count). The molecule has 9 amide bonds. The second kappa shape index (κ2) is 35.4. The van der Waals surface area contributed by atoms with Gasteiger partial charge >= 0.3 is 6.03 Å². The Morgan fingerprint density at radius 3 is 1.35 bits per heavy atom. The van der Waals surface area contributed by atoms with E-state index in [1.807, 2.05) is 0 Å². The van der Waals surface area contributed by atoms with Crippen LogP contribution in [-0.2, 0) is 71.9 Å². The van der Waals surface area contributed by atoms with Gasteiger partial charge in [0.25, 0.3) is 11.8 Å². The molecule has 0 saturated heterocycles. The van der Waals surface area contributed by atoms with Crippen LogP contribution in [0.2, 0.25) is 0 Å². The van der Waals surface area contributed by atoms with Crippen molar-refractivity contribution >= 4 is 99.3 Å². The van der Waals surface area contributed by atoms with E-state index >= 15 is 0 Å². The Balaban J connectivity index is 1.88. The Kier molecular flexibility index (Phi) is 30.1. The van der Waals surface area contributed by atoms with Gasteiger partial charge in [-0.3, -0.25) is 72.0 Å². The third-order valence-corrected chi connectivity index (χ3v) is 12.2. The lowest BCUT2D eigenvalue weighted by atomic mass is 10.00. The summed E-state index contributed by atoms with van der Waals surface area (Å²) in [5.74, 6) is -8.40. The Bertz CT molecular complexity index is 2410. The second-order valence-electron chi connectivity index (χ2n) is 19.2. The number of benzene rings is 1. The number of anilines is 1. The number of hydrogen-bond donors (Lipinski definition) is 7. The number of nitrogens with one attached hydrogen (secondary N) is 6. The van der Waals surface area contributed by atoms with E-state index in [9.17, 15) is 76.7 Å². The number of imide groups is 1. The van der Waals surface area contributed by atoms with Crippen LogP contribution in [0.5, 0.6) is 0 Å². The van der Waals surface area contributed by atoms with E-state index in [0.29, 0.717) is 16.2 Å². The quantitative estimate of drug-likeness (QED) is 0.0362. The molecule has 1 aromatic rings. The highest BCUT2D eigenvalue weighted by molar-refractivity contribution is 6.14. The van der Waals surface area contributed by atoms with E-state index in [1.54, 1.807) is 38.1 Å². The molecule has 0 saturated carbocycles. The highest BCUT2D eigenvalue weighted by Crippen LogP contribution is 2.14. The van der Waals surface area contributed by atoms with Crippen molar-refractivity contribution in [3.63, 3.8) is 0 Å². The van der Waals surface area contributed by atoms with Gasteiger partial charge in [0.2, 0.25) is 29.5 Å². The van der Waals surface area contributed by atoms with E-state index in [2.05, 4.69) is 38.8 Å². The number of carbonyl (C=O) groups is 16. The SMILES string of the molecule is [CH2]c1ccc(NC(=O)[C@H](CCCNC(N)=O)NC(=O)[C@@H](NC(=O)[C@H](CCNC(=O)CCC(=O)CCC(=O)CCC(=O)CCC(=O)CCC(=O)CCC(=O)CCC(=O)CCC(C)=O)NC(=O)CN2C(=O)C=CC2=O)C(C)C)cc1. The average molecular weight is 1090 g/mol. The third-order valence-electron chi connectivity index (χ3n) is 12.2. The van der Waals surface area contributed by atoms with Crippen LogP contribution in [0.3, 0.4) is 0 Å². The smallest absolute Gasteiger partial charge is 0.312 e. The van der Waals surface area contributed by atoms with Crippen LogP contribution in [-0.4, -0.2) is 136 Å². The molecule has 24 nitrogen and oxygen atoms in total. The van der Waals surface area contributed by atoms with Crippen LogP contribution < -0.4 is 37.6 Å². The average Bonchev–Trinajstić information content (AvgIpc) is 3.70. The summed E-state index contributed by atoms with van der Waals surface area (Å²) >= 11 is 0. The standard InChI is InChI=1S/C54H73N8O16/c1-33(2)50(53(77)60-44(6-5-30-57-54(55)78)51(75)58-36-10-7-34(3)8-11-36)61-52(76)45(59-47(72)32-62-48(73)27-28-49(62)74)29-31-56-46(71)26-25-43(70)24-23-42(69)22-21-41(68)20-19-40(67)18-17-39(66)16-15-38(65)14-13-37(64)12-9-35(4)63/h7-8,10-11,27-28,33,44-45,50H,3,5-6,9,12-26,29-32H2,1-2,4H3,(H,56,71)(H,58,75)(H,59,72)(H,60,77)(H,61,76)(H3,55,57,78)/t44-,45-,50-/m0/s1. The first-order chi connectivity index (χ1) is 36.8. The van der Waals surface area contributed by atoms with Gasteiger partial charge in [0.1, 0.15) is 70.9 Å². The molecule has 0 bridgehead atoms. The summed E-state index contributed by atoms with van der Waals surface area (Å²) in [7, 11) is 0. The van der Waals surface area contributed by atoms with Crippen molar-refractivity contribution in [2.24, 2.45) is 11.7 Å². The Morgan fingerprint density at radius 2 is 0.923 bits per heavy atom. The summed E-state index contributed by atoms with van der Waals surface area (Å²) in [5.41, 5.74) is 6.25. The summed E-state index contributed by atoms with van der Waals surface area (Å²) in [4.78, 5) is 200. The minimum Gasteiger partial charge on any atom is -0.356 e. The van der Waals surface area contributed by atoms with Crippen LogP contribution >= 0.6 is 0 Å². The van der Waals surface area contributed by atoms with Gasteiger partial charge in [0.05, 0.1) is 0 Å². The lowest BCUT2D eigenvalue weighted by Gasteiger charge is -2.27. The van der Waals surface area contributed by atoms with Crippen molar-refractivity contribution in [3.8, 4) is 0 Å². The fourth-order valence-corrected chi connectivity index (χ4v) is 7.45. The van der Waals surface area contributed by atoms with Gasteiger partial charge in [-0.1, -0.05) is 26.0 Å². The van der Waals surface area contributed by atoms with E-state index in [0.717, 1.165) is 12.2 Å². The monoisotopic (exact) mass is 1090 g/mol. The first-order valence-corrected chi connectivity index (χ1v) is 25.9. The topological polar surface area (TPSA) is 375 Å². The molecule has 1 radical (unpaired) electrons. The van der Waals surface area contributed by atoms with E-state index in [-0.39, 0.29) is 176 Å². The molecular weight excluding hydrogens is 1020 g/mol. The molecule has 8 N–H and O–H groups in total. The molecule has 0 aliphatic carbocycles. The van der Waals surface area contributed by atoms with Gasteiger partial charge in [-0.2, -0.15) is 0 Å². The molecular formula is C54H73N8O16. The van der Waals surface area contributed by atoms with E-state index in [4.69, 9.17) is 5.73 Å². The summed E-state index contributed by atoms with van der Waals surface area (Å²) in [6.07, 6.45) is 0.0771. The zero-order valence-corrected chi connectivity index (χ0v) is 44.6. The van der Waals surface area contributed by atoms with Crippen LogP contribution in [0, 0.1) is 12.8 Å². The number of hydrogen-bond acceptors (Lipinski definition) is 16. The fraction of sp³-hybridized carbons (Fsp3) is 0.537.